The number of aryl methyl sites for hydroxylation is 1. The van der Waals surface area contributed by atoms with Crippen LogP contribution in [-0.4, -0.2) is 43.5 Å². The maximum atomic E-state index is 12.1. The molecule has 0 atom stereocenters. The number of hydrogen-bond donors (Lipinski definition) is 1. The van der Waals surface area contributed by atoms with E-state index in [0.29, 0.717) is 6.54 Å². The van der Waals surface area contributed by atoms with E-state index in [-0.39, 0.29) is 5.91 Å². The van der Waals surface area contributed by atoms with Crippen molar-refractivity contribution in [3.05, 3.63) is 59.1 Å². The van der Waals surface area contributed by atoms with Crippen LogP contribution in [0.25, 0.3) is 0 Å². The fourth-order valence-electron chi connectivity index (χ4n) is 3.00. The minimum absolute atomic E-state index is 0.0357. The quantitative estimate of drug-likeness (QED) is 0.924. The largest absolute Gasteiger partial charge is 0.369 e. The van der Waals surface area contributed by atoms with Gasteiger partial charge in [-0.05, 0) is 36.8 Å². The third-order valence-electron chi connectivity index (χ3n) is 4.31. The van der Waals surface area contributed by atoms with E-state index in [9.17, 15) is 4.79 Å². The molecule has 0 unspecified atom stereocenters. The van der Waals surface area contributed by atoms with Crippen molar-refractivity contribution in [1.82, 2.24) is 4.90 Å². The molecular formula is C19H22ClN3O. The van der Waals surface area contributed by atoms with E-state index in [0.717, 1.165) is 36.9 Å². The van der Waals surface area contributed by atoms with Crippen LogP contribution in [0, 0.1) is 6.92 Å². The van der Waals surface area contributed by atoms with Crippen LogP contribution < -0.4 is 10.2 Å². The second kappa shape index (κ2) is 7.69. The second-order valence-electron chi connectivity index (χ2n) is 6.11. The summed E-state index contributed by atoms with van der Waals surface area (Å²) in [5.74, 6) is 0.0357. The van der Waals surface area contributed by atoms with Crippen LogP contribution >= 0.6 is 11.6 Å². The Morgan fingerprint density at radius 2 is 1.79 bits per heavy atom. The van der Waals surface area contributed by atoms with Gasteiger partial charge in [-0.2, -0.15) is 0 Å². The molecule has 2 aromatic rings. The molecule has 3 rings (SSSR count). The highest BCUT2D eigenvalue weighted by molar-refractivity contribution is 6.30. The van der Waals surface area contributed by atoms with E-state index in [2.05, 4.69) is 28.1 Å². The number of anilines is 2. The average molecular weight is 344 g/mol. The molecule has 0 aliphatic carbocycles. The number of piperazine rings is 1. The summed E-state index contributed by atoms with van der Waals surface area (Å²) in [5.41, 5.74) is 3.27. The zero-order valence-corrected chi connectivity index (χ0v) is 14.6. The molecule has 1 amide bonds. The standard InChI is InChI=1S/C19H22ClN3O/c1-15-7-8-16(20)13-18(15)23-11-9-22(10-12-23)14-19(24)21-17-5-3-2-4-6-17/h2-8,13H,9-12,14H2,1H3,(H,21,24). The molecule has 0 aromatic heterocycles. The monoisotopic (exact) mass is 343 g/mol. The van der Waals surface area contributed by atoms with E-state index < -0.39 is 0 Å². The molecule has 1 N–H and O–H groups in total. The minimum atomic E-state index is 0.0357. The Bertz CT molecular complexity index is 697. The zero-order chi connectivity index (χ0) is 16.9. The number of para-hydroxylation sites is 1. The summed E-state index contributed by atoms with van der Waals surface area (Å²) in [4.78, 5) is 16.7. The number of benzene rings is 2. The maximum absolute atomic E-state index is 12.1. The molecule has 1 aliphatic rings. The summed E-state index contributed by atoms with van der Waals surface area (Å²) in [6.45, 7) is 6.07. The van der Waals surface area contributed by atoms with E-state index in [4.69, 9.17) is 11.6 Å². The number of nitrogens with one attached hydrogen (secondary N) is 1. The summed E-state index contributed by atoms with van der Waals surface area (Å²) < 4.78 is 0. The van der Waals surface area contributed by atoms with E-state index in [1.54, 1.807) is 0 Å². The molecule has 126 valence electrons. The van der Waals surface area contributed by atoms with Crippen LogP contribution in [0.1, 0.15) is 5.56 Å². The molecule has 1 aliphatic heterocycles. The smallest absolute Gasteiger partial charge is 0.238 e. The molecule has 0 saturated carbocycles. The van der Waals surface area contributed by atoms with Gasteiger partial charge in [0.05, 0.1) is 6.54 Å². The van der Waals surface area contributed by atoms with Crippen LogP contribution in [0.3, 0.4) is 0 Å². The average Bonchev–Trinajstić information content (AvgIpc) is 2.59. The minimum Gasteiger partial charge on any atom is -0.369 e. The SMILES string of the molecule is Cc1ccc(Cl)cc1N1CCN(CC(=O)Nc2ccccc2)CC1. The molecule has 1 saturated heterocycles. The van der Waals surface area contributed by atoms with Crippen LogP contribution in [0.2, 0.25) is 5.02 Å². The van der Waals surface area contributed by atoms with Crippen molar-refractivity contribution in [3.63, 3.8) is 0 Å². The molecule has 5 heteroatoms. The van der Waals surface area contributed by atoms with Gasteiger partial charge in [0.25, 0.3) is 0 Å². The highest BCUT2D eigenvalue weighted by atomic mass is 35.5. The summed E-state index contributed by atoms with van der Waals surface area (Å²) in [6.07, 6.45) is 0. The van der Waals surface area contributed by atoms with Gasteiger partial charge in [-0.15, -0.1) is 0 Å². The number of carbonyl (C=O) groups excluding carboxylic acids is 1. The van der Waals surface area contributed by atoms with Gasteiger partial charge >= 0.3 is 0 Å². The lowest BCUT2D eigenvalue weighted by Gasteiger charge is -2.36. The first kappa shape index (κ1) is 16.8. The van der Waals surface area contributed by atoms with E-state index in [1.807, 2.05) is 42.5 Å². The normalized spacial score (nSPS) is 15.3. The number of carbonyl (C=O) groups is 1. The van der Waals surface area contributed by atoms with E-state index in [1.165, 1.54) is 11.3 Å². The molecule has 0 radical (unpaired) electrons. The number of halogens is 1. The fourth-order valence-corrected chi connectivity index (χ4v) is 3.16. The van der Waals surface area contributed by atoms with Gasteiger partial charge in [-0.1, -0.05) is 35.9 Å². The first-order valence-corrected chi connectivity index (χ1v) is 8.58. The highest BCUT2D eigenvalue weighted by Gasteiger charge is 2.20. The van der Waals surface area contributed by atoms with Crippen LogP contribution in [0.5, 0.6) is 0 Å². The summed E-state index contributed by atoms with van der Waals surface area (Å²) >= 11 is 6.12. The molecule has 1 fully saturated rings. The summed E-state index contributed by atoms with van der Waals surface area (Å²) in [6, 6.07) is 15.6. The topological polar surface area (TPSA) is 35.6 Å². The first-order valence-electron chi connectivity index (χ1n) is 8.20. The van der Waals surface area contributed by atoms with Crippen molar-refractivity contribution in [2.24, 2.45) is 0 Å². The molecule has 0 bridgehead atoms. The summed E-state index contributed by atoms with van der Waals surface area (Å²) in [7, 11) is 0. The molecular weight excluding hydrogens is 322 g/mol. The van der Waals surface area contributed by atoms with Crippen LogP contribution in [0.4, 0.5) is 11.4 Å². The van der Waals surface area contributed by atoms with Crippen molar-refractivity contribution in [2.45, 2.75) is 6.92 Å². The molecule has 1 heterocycles. The Balaban J connectivity index is 1.52. The van der Waals surface area contributed by atoms with Crippen molar-refractivity contribution >= 4 is 28.9 Å². The van der Waals surface area contributed by atoms with Gasteiger partial charge in [-0.3, -0.25) is 9.69 Å². The van der Waals surface area contributed by atoms with Crippen molar-refractivity contribution in [3.8, 4) is 0 Å². The number of rotatable bonds is 4. The highest BCUT2D eigenvalue weighted by Crippen LogP contribution is 2.25. The predicted molar refractivity (Wildman–Crippen MR) is 99.9 cm³/mol. The van der Waals surface area contributed by atoms with Crippen molar-refractivity contribution in [1.29, 1.82) is 0 Å². The van der Waals surface area contributed by atoms with E-state index >= 15 is 0 Å². The fraction of sp³-hybridized carbons (Fsp3) is 0.316. The Hall–Kier alpha value is -2.04. The van der Waals surface area contributed by atoms with Crippen LogP contribution in [0.15, 0.2) is 48.5 Å². The van der Waals surface area contributed by atoms with Crippen molar-refractivity contribution < 1.29 is 4.79 Å². The number of nitrogens with zero attached hydrogens (tertiary/aromatic N) is 2. The Morgan fingerprint density at radius 3 is 2.50 bits per heavy atom. The third kappa shape index (κ3) is 4.28. The van der Waals surface area contributed by atoms with Gasteiger partial charge < -0.3 is 10.2 Å². The predicted octanol–water partition coefficient (Wildman–Crippen LogP) is 3.41. The van der Waals surface area contributed by atoms with Gasteiger partial charge in [0.15, 0.2) is 0 Å². The van der Waals surface area contributed by atoms with Gasteiger partial charge in [0, 0.05) is 42.6 Å². The number of amides is 1. The zero-order valence-electron chi connectivity index (χ0n) is 13.8. The molecule has 24 heavy (non-hydrogen) atoms. The van der Waals surface area contributed by atoms with Gasteiger partial charge in [0.2, 0.25) is 5.91 Å². The molecule has 4 nitrogen and oxygen atoms in total. The van der Waals surface area contributed by atoms with Gasteiger partial charge in [-0.25, -0.2) is 0 Å². The third-order valence-corrected chi connectivity index (χ3v) is 4.54. The van der Waals surface area contributed by atoms with Gasteiger partial charge in [0.1, 0.15) is 0 Å². The lowest BCUT2D eigenvalue weighted by molar-refractivity contribution is -0.117. The molecule has 0 spiro atoms. The Kier molecular flexibility index (Phi) is 5.38. The summed E-state index contributed by atoms with van der Waals surface area (Å²) in [5, 5.41) is 3.70. The lowest BCUT2D eigenvalue weighted by atomic mass is 10.1. The second-order valence-corrected chi connectivity index (χ2v) is 6.54. The van der Waals surface area contributed by atoms with Crippen molar-refractivity contribution in [2.75, 3.05) is 42.9 Å². The Labute approximate surface area is 148 Å². The maximum Gasteiger partial charge on any atom is 0.238 e. The first-order chi connectivity index (χ1) is 11.6. The Morgan fingerprint density at radius 1 is 1.08 bits per heavy atom. The number of hydrogen-bond acceptors (Lipinski definition) is 3. The van der Waals surface area contributed by atoms with Crippen LogP contribution in [-0.2, 0) is 4.79 Å². The molecule has 2 aromatic carbocycles. The lowest BCUT2D eigenvalue weighted by Crippen LogP contribution is -2.48.